The highest BCUT2D eigenvalue weighted by Crippen LogP contribution is 2.05. The molecule has 0 saturated heterocycles. The van der Waals surface area contributed by atoms with Crippen LogP contribution < -0.4 is 5.32 Å². The lowest BCUT2D eigenvalue weighted by Crippen LogP contribution is -2.39. The molecule has 1 N–H and O–H groups in total. The number of sulfonamides is 1. The van der Waals surface area contributed by atoms with Gasteiger partial charge < -0.3 is 5.32 Å². The van der Waals surface area contributed by atoms with E-state index >= 15 is 0 Å². The van der Waals surface area contributed by atoms with E-state index < -0.39 is 10.0 Å². The average Bonchev–Trinajstić information content (AvgIpc) is 2.42. The topological polar surface area (TPSA) is 66.5 Å². The van der Waals surface area contributed by atoms with Crippen LogP contribution in [0.15, 0.2) is 30.3 Å². The Kier molecular flexibility index (Phi) is 7.55. The Labute approximate surface area is 133 Å². The van der Waals surface area contributed by atoms with Crippen LogP contribution in [0.3, 0.4) is 0 Å². The van der Waals surface area contributed by atoms with Gasteiger partial charge in [0.25, 0.3) is 0 Å². The highest BCUT2D eigenvalue weighted by Gasteiger charge is 2.16. The zero-order valence-corrected chi connectivity index (χ0v) is 14.4. The minimum absolute atomic E-state index is 0.0940. The van der Waals surface area contributed by atoms with E-state index in [4.69, 9.17) is 0 Å². The molecular weight excluding hydrogens is 300 g/mol. The number of carbonyl (C=O) groups excluding carboxylic acids is 1. The smallest absolute Gasteiger partial charge is 0.224 e. The van der Waals surface area contributed by atoms with Crippen molar-refractivity contribution in [1.82, 2.24) is 9.62 Å². The SMILES string of the molecule is CC(C)CCN(CCNC(=O)Cc1ccccc1)S(C)(=O)=O. The van der Waals surface area contributed by atoms with E-state index in [0.717, 1.165) is 12.0 Å². The van der Waals surface area contributed by atoms with Gasteiger partial charge in [0.15, 0.2) is 0 Å². The number of nitrogens with one attached hydrogen (secondary N) is 1. The van der Waals surface area contributed by atoms with Crippen molar-refractivity contribution >= 4 is 15.9 Å². The summed E-state index contributed by atoms with van der Waals surface area (Å²) in [7, 11) is -3.24. The average molecular weight is 326 g/mol. The third-order valence-corrected chi connectivity index (χ3v) is 4.62. The summed E-state index contributed by atoms with van der Waals surface area (Å²) in [6.07, 6.45) is 2.33. The van der Waals surface area contributed by atoms with Gasteiger partial charge in [-0.3, -0.25) is 4.79 Å². The van der Waals surface area contributed by atoms with Gasteiger partial charge in [-0.2, -0.15) is 0 Å². The normalized spacial score (nSPS) is 11.9. The van der Waals surface area contributed by atoms with Gasteiger partial charge in [-0.25, -0.2) is 12.7 Å². The van der Waals surface area contributed by atoms with Crippen LogP contribution in [0.2, 0.25) is 0 Å². The molecular formula is C16H26N2O3S. The maximum atomic E-state index is 11.8. The molecule has 22 heavy (non-hydrogen) atoms. The Hall–Kier alpha value is -1.40. The van der Waals surface area contributed by atoms with Gasteiger partial charge >= 0.3 is 0 Å². The van der Waals surface area contributed by atoms with E-state index in [1.807, 2.05) is 30.3 Å². The largest absolute Gasteiger partial charge is 0.354 e. The molecule has 0 fully saturated rings. The van der Waals surface area contributed by atoms with Crippen molar-refractivity contribution in [2.45, 2.75) is 26.7 Å². The van der Waals surface area contributed by atoms with E-state index in [1.165, 1.54) is 10.6 Å². The van der Waals surface area contributed by atoms with E-state index in [-0.39, 0.29) is 5.91 Å². The molecule has 1 aromatic carbocycles. The Morgan fingerprint density at radius 2 is 1.82 bits per heavy atom. The number of rotatable bonds is 9. The van der Waals surface area contributed by atoms with E-state index in [1.54, 1.807) is 0 Å². The summed E-state index contributed by atoms with van der Waals surface area (Å²) in [6.45, 7) is 5.25. The maximum absolute atomic E-state index is 11.8. The molecule has 0 aliphatic carbocycles. The lowest BCUT2D eigenvalue weighted by Gasteiger charge is -2.21. The third kappa shape index (κ3) is 7.56. The number of carbonyl (C=O) groups is 1. The number of nitrogens with zero attached hydrogens (tertiary/aromatic N) is 1. The highest BCUT2D eigenvalue weighted by atomic mass is 32.2. The standard InChI is InChI=1S/C16H26N2O3S/c1-14(2)9-11-18(22(3,20)21)12-10-17-16(19)13-15-7-5-4-6-8-15/h4-8,14H,9-13H2,1-3H3,(H,17,19). The molecule has 0 spiro atoms. The summed E-state index contributed by atoms with van der Waals surface area (Å²) in [4.78, 5) is 11.8. The minimum Gasteiger partial charge on any atom is -0.354 e. The minimum atomic E-state index is -3.24. The fourth-order valence-corrected chi connectivity index (χ4v) is 2.87. The first-order chi connectivity index (χ1) is 10.3. The lowest BCUT2D eigenvalue weighted by atomic mass is 10.1. The lowest BCUT2D eigenvalue weighted by molar-refractivity contribution is -0.120. The van der Waals surface area contributed by atoms with Crippen LogP contribution in [0.5, 0.6) is 0 Å². The highest BCUT2D eigenvalue weighted by molar-refractivity contribution is 7.88. The van der Waals surface area contributed by atoms with Crippen LogP contribution in [0.1, 0.15) is 25.8 Å². The van der Waals surface area contributed by atoms with Crippen LogP contribution in [0.25, 0.3) is 0 Å². The van der Waals surface area contributed by atoms with E-state index in [0.29, 0.717) is 32.0 Å². The molecule has 124 valence electrons. The zero-order chi connectivity index (χ0) is 16.6. The Balaban J connectivity index is 2.40. The molecule has 0 aliphatic heterocycles. The van der Waals surface area contributed by atoms with Crippen molar-refractivity contribution in [2.75, 3.05) is 25.9 Å². The van der Waals surface area contributed by atoms with Gasteiger partial charge in [-0.15, -0.1) is 0 Å². The van der Waals surface area contributed by atoms with Gasteiger partial charge in [0.2, 0.25) is 15.9 Å². The van der Waals surface area contributed by atoms with Gasteiger partial charge in [0.1, 0.15) is 0 Å². The molecule has 1 rings (SSSR count). The third-order valence-electron chi connectivity index (χ3n) is 3.32. The molecule has 0 aliphatic rings. The first-order valence-corrected chi connectivity index (χ1v) is 9.39. The molecule has 0 radical (unpaired) electrons. The van der Waals surface area contributed by atoms with Crippen molar-refractivity contribution in [3.63, 3.8) is 0 Å². The Morgan fingerprint density at radius 3 is 2.36 bits per heavy atom. The quantitative estimate of drug-likeness (QED) is 0.750. The van der Waals surface area contributed by atoms with Crippen molar-refractivity contribution in [2.24, 2.45) is 5.92 Å². The second-order valence-electron chi connectivity index (χ2n) is 5.86. The second-order valence-corrected chi connectivity index (χ2v) is 7.84. The van der Waals surface area contributed by atoms with E-state index in [2.05, 4.69) is 19.2 Å². The molecule has 0 unspecified atom stereocenters. The molecule has 0 heterocycles. The molecule has 1 aromatic rings. The number of hydrogen-bond acceptors (Lipinski definition) is 3. The Morgan fingerprint density at radius 1 is 1.18 bits per heavy atom. The summed E-state index contributed by atoms with van der Waals surface area (Å²) in [5.74, 6) is 0.348. The number of benzene rings is 1. The summed E-state index contributed by atoms with van der Waals surface area (Å²) in [5, 5.41) is 2.78. The van der Waals surface area contributed by atoms with E-state index in [9.17, 15) is 13.2 Å². The van der Waals surface area contributed by atoms with Crippen LogP contribution >= 0.6 is 0 Å². The molecule has 0 atom stereocenters. The van der Waals surface area contributed by atoms with Crippen LogP contribution in [-0.4, -0.2) is 44.5 Å². The summed E-state index contributed by atoms with van der Waals surface area (Å²) in [5.41, 5.74) is 0.944. The molecule has 1 amide bonds. The maximum Gasteiger partial charge on any atom is 0.224 e. The van der Waals surface area contributed by atoms with Crippen LogP contribution in [0, 0.1) is 5.92 Å². The second kappa shape index (κ2) is 8.90. The van der Waals surface area contributed by atoms with Crippen molar-refractivity contribution in [3.05, 3.63) is 35.9 Å². The van der Waals surface area contributed by atoms with Crippen molar-refractivity contribution < 1.29 is 13.2 Å². The number of hydrogen-bond donors (Lipinski definition) is 1. The van der Waals surface area contributed by atoms with Crippen LogP contribution in [0.4, 0.5) is 0 Å². The van der Waals surface area contributed by atoms with Gasteiger partial charge in [-0.1, -0.05) is 44.2 Å². The fourth-order valence-electron chi connectivity index (χ4n) is 2.01. The fraction of sp³-hybridized carbons (Fsp3) is 0.562. The van der Waals surface area contributed by atoms with Crippen molar-refractivity contribution in [1.29, 1.82) is 0 Å². The number of amides is 1. The predicted octanol–water partition coefficient (Wildman–Crippen LogP) is 1.65. The van der Waals surface area contributed by atoms with Crippen LogP contribution in [-0.2, 0) is 21.2 Å². The molecule has 0 bridgehead atoms. The monoisotopic (exact) mass is 326 g/mol. The first kappa shape index (κ1) is 18.6. The van der Waals surface area contributed by atoms with Crippen molar-refractivity contribution in [3.8, 4) is 0 Å². The Bertz CT molecular complexity index is 556. The summed E-state index contributed by atoms with van der Waals surface area (Å²) >= 11 is 0. The van der Waals surface area contributed by atoms with Gasteiger partial charge in [0, 0.05) is 19.6 Å². The summed E-state index contributed by atoms with van der Waals surface area (Å²) < 4.78 is 24.9. The molecule has 0 aromatic heterocycles. The first-order valence-electron chi connectivity index (χ1n) is 7.55. The molecule has 6 heteroatoms. The van der Waals surface area contributed by atoms with Gasteiger partial charge in [0.05, 0.1) is 12.7 Å². The zero-order valence-electron chi connectivity index (χ0n) is 13.6. The molecule has 0 saturated carbocycles. The molecule has 5 nitrogen and oxygen atoms in total. The summed E-state index contributed by atoms with van der Waals surface area (Å²) in [6, 6.07) is 9.47. The predicted molar refractivity (Wildman–Crippen MR) is 89.0 cm³/mol. The van der Waals surface area contributed by atoms with Gasteiger partial charge in [-0.05, 0) is 17.9 Å².